The van der Waals surface area contributed by atoms with Gasteiger partial charge in [0.15, 0.2) is 5.82 Å². The molecule has 72 valence electrons. The molecular weight excluding hydrogens is 242 g/mol. The summed E-state index contributed by atoms with van der Waals surface area (Å²) in [6, 6.07) is 2.00. The largest absolute Gasteiger partial charge is 0.341 e. The number of pyridine rings is 1. The maximum absolute atomic E-state index is 4.28. The first kappa shape index (κ1) is 9.40. The lowest BCUT2D eigenvalue weighted by molar-refractivity contribution is 1.18. The second-order valence-corrected chi connectivity index (χ2v) is 4.09. The standard InChI is InChI=1S/C10H10BrN3/c1-6-3-9(12-5-8(6)11)10-13-4-7(2)14-10/h3-5H,1-2H3,(H,13,14). The van der Waals surface area contributed by atoms with Crippen LogP contribution in [0.5, 0.6) is 0 Å². The molecular formula is C10H10BrN3. The lowest BCUT2D eigenvalue weighted by Crippen LogP contribution is -1.87. The van der Waals surface area contributed by atoms with Crippen molar-refractivity contribution in [1.82, 2.24) is 15.0 Å². The number of aromatic nitrogens is 3. The van der Waals surface area contributed by atoms with E-state index in [9.17, 15) is 0 Å². The summed E-state index contributed by atoms with van der Waals surface area (Å²) in [5.41, 5.74) is 3.07. The molecule has 3 nitrogen and oxygen atoms in total. The van der Waals surface area contributed by atoms with Gasteiger partial charge in [0, 0.05) is 22.6 Å². The summed E-state index contributed by atoms with van der Waals surface area (Å²) in [6.07, 6.45) is 3.59. The van der Waals surface area contributed by atoms with Crippen molar-refractivity contribution in [3.8, 4) is 11.5 Å². The van der Waals surface area contributed by atoms with Crippen LogP contribution in [0.4, 0.5) is 0 Å². The minimum atomic E-state index is 0.818. The zero-order chi connectivity index (χ0) is 10.1. The second kappa shape index (κ2) is 3.53. The minimum Gasteiger partial charge on any atom is -0.341 e. The third kappa shape index (κ3) is 1.70. The molecule has 0 aromatic carbocycles. The number of hydrogen-bond acceptors (Lipinski definition) is 2. The monoisotopic (exact) mass is 251 g/mol. The first-order valence-electron chi connectivity index (χ1n) is 4.31. The molecule has 2 aromatic heterocycles. The predicted molar refractivity (Wildman–Crippen MR) is 59.0 cm³/mol. The number of imidazole rings is 1. The number of halogens is 1. The van der Waals surface area contributed by atoms with Crippen molar-refractivity contribution in [2.24, 2.45) is 0 Å². The van der Waals surface area contributed by atoms with Gasteiger partial charge in [0.05, 0.1) is 0 Å². The maximum atomic E-state index is 4.28. The Bertz CT molecular complexity index is 462. The Hall–Kier alpha value is -1.16. The lowest BCUT2D eigenvalue weighted by Gasteiger charge is -1.99. The zero-order valence-corrected chi connectivity index (χ0v) is 9.59. The van der Waals surface area contributed by atoms with Gasteiger partial charge in [-0.25, -0.2) is 4.98 Å². The molecule has 0 bridgehead atoms. The van der Waals surface area contributed by atoms with E-state index in [2.05, 4.69) is 30.9 Å². The third-order valence-corrected chi connectivity index (χ3v) is 2.82. The first-order valence-corrected chi connectivity index (χ1v) is 5.10. The Morgan fingerprint density at radius 3 is 2.57 bits per heavy atom. The van der Waals surface area contributed by atoms with Gasteiger partial charge in [0.2, 0.25) is 0 Å². The number of hydrogen-bond donors (Lipinski definition) is 1. The molecule has 14 heavy (non-hydrogen) atoms. The van der Waals surface area contributed by atoms with Crippen molar-refractivity contribution < 1.29 is 0 Å². The van der Waals surface area contributed by atoms with Gasteiger partial charge >= 0.3 is 0 Å². The van der Waals surface area contributed by atoms with Crippen LogP contribution in [0.2, 0.25) is 0 Å². The molecule has 0 radical (unpaired) electrons. The molecule has 0 unspecified atom stereocenters. The number of rotatable bonds is 1. The topological polar surface area (TPSA) is 41.6 Å². The predicted octanol–water partition coefficient (Wildman–Crippen LogP) is 2.85. The van der Waals surface area contributed by atoms with Crippen molar-refractivity contribution in [2.75, 3.05) is 0 Å². The van der Waals surface area contributed by atoms with Crippen LogP contribution < -0.4 is 0 Å². The Kier molecular flexibility index (Phi) is 2.37. The Morgan fingerprint density at radius 1 is 1.21 bits per heavy atom. The van der Waals surface area contributed by atoms with Crippen LogP contribution in [0.25, 0.3) is 11.5 Å². The van der Waals surface area contributed by atoms with Crippen LogP contribution in [0, 0.1) is 13.8 Å². The molecule has 0 aliphatic heterocycles. The van der Waals surface area contributed by atoms with E-state index in [0.717, 1.165) is 27.2 Å². The quantitative estimate of drug-likeness (QED) is 0.847. The van der Waals surface area contributed by atoms with Crippen LogP contribution in [-0.4, -0.2) is 15.0 Å². The van der Waals surface area contributed by atoms with E-state index in [4.69, 9.17) is 0 Å². The summed E-state index contributed by atoms with van der Waals surface area (Å²) < 4.78 is 1.02. The molecule has 0 saturated heterocycles. The summed E-state index contributed by atoms with van der Waals surface area (Å²) in [5, 5.41) is 0. The molecule has 0 atom stereocenters. The highest BCUT2D eigenvalue weighted by Gasteiger charge is 2.04. The summed E-state index contributed by atoms with van der Waals surface area (Å²) >= 11 is 3.41. The highest BCUT2D eigenvalue weighted by molar-refractivity contribution is 9.10. The average molecular weight is 252 g/mol. The molecule has 2 heterocycles. The molecule has 0 fully saturated rings. The summed E-state index contributed by atoms with van der Waals surface area (Å²) in [7, 11) is 0. The Balaban J connectivity index is 2.47. The highest BCUT2D eigenvalue weighted by atomic mass is 79.9. The maximum Gasteiger partial charge on any atom is 0.156 e. The number of H-pyrrole nitrogens is 1. The number of aryl methyl sites for hydroxylation is 2. The number of aromatic amines is 1. The van der Waals surface area contributed by atoms with E-state index < -0.39 is 0 Å². The fourth-order valence-electron chi connectivity index (χ4n) is 1.21. The number of nitrogens with one attached hydrogen (secondary N) is 1. The normalized spacial score (nSPS) is 10.5. The summed E-state index contributed by atoms with van der Waals surface area (Å²) in [5.74, 6) is 0.818. The van der Waals surface area contributed by atoms with Crippen LogP contribution in [0.1, 0.15) is 11.3 Å². The van der Waals surface area contributed by atoms with E-state index in [1.165, 1.54) is 0 Å². The van der Waals surface area contributed by atoms with E-state index in [0.29, 0.717) is 0 Å². The van der Waals surface area contributed by atoms with Gasteiger partial charge in [-0.2, -0.15) is 0 Å². The van der Waals surface area contributed by atoms with E-state index >= 15 is 0 Å². The van der Waals surface area contributed by atoms with Crippen molar-refractivity contribution in [2.45, 2.75) is 13.8 Å². The van der Waals surface area contributed by atoms with Crippen LogP contribution in [0.15, 0.2) is 22.9 Å². The van der Waals surface area contributed by atoms with Crippen molar-refractivity contribution in [3.05, 3.63) is 34.2 Å². The SMILES string of the molecule is Cc1cnc(-c2cc(C)c(Br)cn2)[nH]1. The van der Waals surface area contributed by atoms with Crippen LogP contribution in [0.3, 0.4) is 0 Å². The minimum absolute atomic E-state index is 0.818. The van der Waals surface area contributed by atoms with Gasteiger partial charge < -0.3 is 4.98 Å². The van der Waals surface area contributed by atoms with Crippen molar-refractivity contribution in [3.63, 3.8) is 0 Å². The van der Waals surface area contributed by atoms with Gasteiger partial charge in [0.1, 0.15) is 5.69 Å². The van der Waals surface area contributed by atoms with Gasteiger partial charge in [-0.15, -0.1) is 0 Å². The van der Waals surface area contributed by atoms with Crippen molar-refractivity contribution >= 4 is 15.9 Å². The molecule has 4 heteroatoms. The van der Waals surface area contributed by atoms with Gasteiger partial charge in [-0.1, -0.05) is 0 Å². The molecule has 0 amide bonds. The molecule has 0 saturated carbocycles. The smallest absolute Gasteiger partial charge is 0.156 e. The van der Waals surface area contributed by atoms with Gasteiger partial charge in [0.25, 0.3) is 0 Å². The molecule has 0 aliphatic rings. The fourth-order valence-corrected chi connectivity index (χ4v) is 1.43. The fraction of sp³-hybridized carbons (Fsp3) is 0.200. The van der Waals surface area contributed by atoms with Crippen LogP contribution >= 0.6 is 15.9 Å². The van der Waals surface area contributed by atoms with E-state index in [-0.39, 0.29) is 0 Å². The Morgan fingerprint density at radius 2 is 2.00 bits per heavy atom. The first-order chi connectivity index (χ1) is 6.66. The van der Waals surface area contributed by atoms with E-state index in [1.807, 2.05) is 19.9 Å². The zero-order valence-electron chi connectivity index (χ0n) is 8.00. The molecule has 0 aliphatic carbocycles. The second-order valence-electron chi connectivity index (χ2n) is 3.23. The average Bonchev–Trinajstić information content (AvgIpc) is 2.57. The molecule has 0 spiro atoms. The summed E-state index contributed by atoms with van der Waals surface area (Å²) in [4.78, 5) is 11.7. The molecule has 2 aromatic rings. The summed E-state index contributed by atoms with van der Waals surface area (Å²) in [6.45, 7) is 4.01. The molecule has 1 N–H and O–H groups in total. The Labute approximate surface area is 90.7 Å². The third-order valence-electron chi connectivity index (χ3n) is 1.99. The molecule has 2 rings (SSSR count). The van der Waals surface area contributed by atoms with E-state index in [1.54, 1.807) is 12.4 Å². The highest BCUT2D eigenvalue weighted by Crippen LogP contribution is 2.19. The van der Waals surface area contributed by atoms with Gasteiger partial charge in [-0.05, 0) is 41.4 Å². The number of nitrogens with zero attached hydrogens (tertiary/aromatic N) is 2. The van der Waals surface area contributed by atoms with Crippen LogP contribution in [-0.2, 0) is 0 Å². The lowest BCUT2D eigenvalue weighted by atomic mass is 10.2. The van der Waals surface area contributed by atoms with Gasteiger partial charge in [-0.3, -0.25) is 4.98 Å². The van der Waals surface area contributed by atoms with Crippen molar-refractivity contribution in [1.29, 1.82) is 0 Å².